The van der Waals surface area contributed by atoms with E-state index in [-0.39, 0.29) is 21.1 Å². The SMILES string of the molecule is CC(C)(C)c1cc(-c2ccc(F)c(F)c2)cc(Sc2ccc(C#N)cc2OC(F)(F)F)c1O. The first kappa shape index (κ1) is 24.4. The summed E-state index contributed by atoms with van der Waals surface area (Å²) in [5.41, 5.74) is 0.607. The number of aromatic hydroxyl groups is 1. The number of halogens is 5. The number of phenolic OH excluding ortho intramolecular Hbond substituents is 1. The van der Waals surface area contributed by atoms with Crippen LogP contribution in [0.15, 0.2) is 58.3 Å². The van der Waals surface area contributed by atoms with Gasteiger partial charge in [0.2, 0.25) is 0 Å². The first-order chi connectivity index (χ1) is 15.3. The molecule has 0 bridgehead atoms. The summed E-state index contributed by atoms with van der Waals surface area (Å²) in [6.45, 7) is 5.47. The molecule has 0 heterocycles. The van der Waals surface area contributed by atoms with Crippen molar-refractivity contribution in [2.75, 3.05) is 0 Å². The van der Waals surface area contributed by atoms with Gasteiger partial charge in [-0.1, -0.05) is 38.6 Å². The van der Waals surface area contributed by atoms with Crippen LogP contribution in [0, 0.1) is 23.0 Å². The van der Waals surface area contributed by atoms with Crippen LogP contribution in [0.25, 0.3) is 11.1 Å². The summed E-state index contributed by atoms with van der Waals surface area (Å²) in [4.78, 5) is 0.183. The lowest BCUT2D eigenvalue weighted by Gasteiger charge is -2.23. The molecule has 33 heavy (non-hydrogen) atoms. The highest BCUT2D eigenvalue weighted by Gasteiger charge is 2.33. The summed E-state index contributed by atoms with van der Waals surface area (Å²) in [5.74, 6) is -2.84. The number of benzene rings is 3. The Bertz CT molecular complexity index is 1240. The van der Waals surface area contributed by atoms with E-state index in [0.717, 1.165) is 30.0 Å². The maximum atomic E-state index is 13.8. The van der Waals surface area contributed by atoms with Crippen LogP contribution in [0.4, 0.5) is 22.0 Å². The molecular formula is C24H18F5NO2S. The highest BCUT2D eigenvalue weighted by Crippen LogP contribution is 2.46. The molecule has 0 radical (unpaired) electrons. The predicted octanol–water partition coefficient (Wildman–Crippen LogP) is 7.56. The van der Waals surface area contributed by atoms with E-state index in [1.807, 2.05) is 20.8 Å². The molecule has 0 aliphatic carbocycles. The molecule has 3 aromatic carbocycles. The van der Waals surface area contributed by atoms with Gasteiger partial charge in [-0.2, -0.15) is 5.26 Å². The van der Waals surface area contributed by atoms with Gasteiger partial charge in [0.15, 0.2) is 11.6 Å². The summed E-state index contributed by atoms with van der Waals surface area (Å²) in [6.07, 6.45) is -4.99. The number of hydrogen-bond acceptors (Lipinski definition) is 4. The Morgan fingerprint density at radius 3 is 2.15 bits per heavy atom. The Kier molecular flexibility index (Phi) is 6.61. The van der Waals surface area contributed by atoms with Gasteiger partial charge >= 0.3 is 6.36 Å². The van der Waals surface area contributed by atoms with E-state index in [1.54, 1.807) is 12.1 Å². The average molecular weight is 479 g/mol. The highest BCUT2D eigenvalue weighted by molar-refractivity contribution is 7.99. The molecule has 0 aliphatic heterocycles. The molecule has 3 nitrogen and oxygen atoms in total. The largest absolute Gasteiger partial charge is 0.573 e. The number of rotatable bonds is 4. The molecule has 0 aromatic heterocycles. The summed E-state index contributed by atoms with van der Waals surface area (Å²) in [5, 5.41) is 19.9. The molecular weight excluding hydrogens is 461 g/mol. The predicted molar refractivity (Wildman–Crippen MR) is 114 cm³/mol. The summed E-state index contributed by atoms with van der Waals surface area (Å²) in [7, 11) is 0. The summed E-state index contributed by atoms with van der Waals surface area (Å²) >= 11 is 0.795. The number of nitriles is 1. The van der Waals surface area contributed by atoms with E-state index in [1.165, 1.54) is 24.3 Å². The molecule has 0 spiro atoms. The van der Waals surface area contributed by atoms with Gasteiger partial charge in [0, 0.05) is 5.56 Å². The Morgan fingerprint density at radius 2 is 1.58 bits per heavy atom. The molecule has 0 saturated carbocycles. The molecule has 0 fully saturated rings. The molecule has 0 amide bonds. The zero-order valence-corrected chi connectivity index (χ0v) is 18.5. The van der Waals surface area contributed by atoms with Gasteiger partial charge in [0.05, 0.1) is 21.4 Å². The number of ether oxygens (including phenoxy) is 1. The van der Waals surface area contributed by atoms with Crippen LogP contribution in [0.3, 0.4) is 0 Å². The molecule has 1 N–H and O–H groups in total. The average Bonchev–Trinajstić information content (AvgIpc) is 2.70. The number of alkyl halides is 3. The minimum atomic E-state index is -4.99. The third-order valence-corrected chi connectivity index (χ3v) is 5.74. The van der Waals surface area contributed by atoms with E-state index in [0.29, 0.717) is 16.7 Å². The normalized spacial score (nSPS) is 11.8. The van der Waals surface area contributed by atoms with Crippen molar-refractivity contribution in [3.05, 3.63) is 71.3 Å². The van der Waals surface area contributed by atoms with Crippen LogP contribution in [0.1, 0.15) is 31.9 Å². The van der Waals surface area contributed by atoms with Crippen LogP contribution in [-0.2, 0) is 5.41 Å². The number of nitrogens with zero attached hydrogens (tertiary/aromatic N) is 1. The summed E-state index contributed by atoms with van der Waals surface area (Å²) in [6, 6.07) is 11.7. The van der Waals surface area contributed by atoms with Crippen molar-refractivity contribution in [1.82, 2.24) is 0 Å². The van der Waals surface area contributed by atoms with Crippen LogP contribution in [-0.4, -0.2) is 11.5 Å². The van der Waals surface area contributed by atoms with Crippen molar-refractivity contribution in [3.8, 4) is 28.7 Å². The van der Waals surface area contributed by atoms with Crippen LogP contribution < -0.4 is 4.74 Å². The second kappa shape index (κ2) is 8.94. The van der Waals surface area contributed by atoms with Gasteiger partial charge < -0.3 is 9.84 Å². The maximum absolute atomic E-state index is 13.8. The van der Waals surface area contributed by atoms with E-state index in [9.17, 15) is 27.1 Å². The fourth-order valence-electron chi connectivity index (χ4n) is 3.08. The molecule has 9 heteroatoms. The molecule has 0 unspecified atom stereocenters. The molecule has 172 valence electrons. The van der Waals surface area contributed by atoms with Crippen molar-refractivity contribution < 1.29 is 31.8 Å². The number of hydrogen-bond donors (Lipinski definition) is 1. The first-order valence-corrected chi connectivity index (χ1v) is 10.4. The van der Waals surface area contributed by atoms with Crippen LogP contribution in [0.2, 0.25) is 0 Å². The van der Waals surface area contributed by atoms with Gasteiger partial charge in [-0.3, -0.25) is 0 Å². The maximum Gasteiger partial charge on any atom is 0.573 e. The van der Waals surface area contributed by atoms with E-state index in [2.05, 4.69) is 4.74 Å². The molecule has 3 aromatic rings. The lowest BCUT2D eigenvalue weighted by atomic mass is 9.84. The highest BCUT2D eigenvalue weighted by atomic mass is 32.2. The van der Waals surface area contributed by atoms with Crippen LogP contribution in [0.5, 0.6) is 11.5 Å². The van der Waals surface area contributed by atoms with Crippen LogP contribution >= 0.6 is 11.8 Å². The molecule has 0 aliphatic rings. The smallest absolute Gasteiger partial charge is 0.506 e. The van der Waals surface area contributed by atoms with E-state index >= 15 is 0 Å². The Balaban J connectivity index is 2.17. The molecule has 0 saturated heterocycles. The lowest BCUT2D eigenvalue weighted by Crippen LogP contribution is -2.17. The third kappa shape index (κ3) is 5.76. The van der Waals surface area contributed by atoms with Crippen molar-refractivity contribution >= 4 is 11.8 Å². The standard InChI is InChI=1S/C24H18F5NO2S/c1-23(2,3)16-9-15(14-5-6-17(25)18(26)10-14)11-21(22(16)31)33-20-7-4-13(12-30)8-19(20)32-24(27,28)29/h4-11,31H,1-3H3. The topological polar surface area (TPSA) is 53.2 Å². The van der Waals surface area contributed by atoms with E-state index in [4.69, 9.17) is 5.26 Å². The second-order valence-electron chi connectivity index (χ2n) is 8.17. The van der Waals surface area contributed by atoms with Gasteiger partial charge in [-0.05, 0) is 59.0 Å². The Morgan fingerprint density at radius 1 is 0.879 bits per heavy atom. The fourth-order valence-corrected chi connectivity index (χ4v) is 4.05. The van der Waals surface area contributed by atoms with Crippen molar-refractivity contribution in [2.45, 2.75) is 42.3 Å². The van der Waals surface area contributed by atoms with Crippen molar-refractivity contribution in [2.24, 2.45) is 0 Å². The van der Waals surface area contributed by atoms with Crippen molar-refractivity contribution in [1.29, 1.82) is 5.26 Å². The van der Waals surface area contributed by atoms with Gasteiger partial charge in [0.25, 0.3) is 0 Å². The van der Waals surface area contributed by atoms with Gasteiger partial charge in [0.1, 0.15) is 11.5 Å². The number of phenols is 1. The second-order valence-corrected chi connectivity index (χ2v) is 9.26. The Labute approximate surface area is 191 Å². The zero-order chi connectivity index (χ0) is 24.6. The quantitative estimate of drug-likeness (QED) is 0.393. The Hall–Kier alpha value is -3.25. The summed E-state index contributed by atoms with van der Waals surface area (Å²) < 4.78 is 70.1. The molecule has 3 rings (SSSR count). The molecule has 0 atom stereocenters. The zero-order valence-electron chi connectivity index (χ0n) is 17.7. The van der Waals surface area contributed by atoms with Gasteiger partial charge in [-0.15, -0.1) is 13.2 Å². The first-order valence-electron chi connectivity index (χ1n) is 9.59. The third-order valence-electron chi connectivity index (χ3n) is 4.65. The minimum absolute atomic E-state index is 0.00363. The minimum Gasteiger partial charge on any atom is -0.506 e. The monoisotopic (exact) mass is 479 g/mol. The van der Waals surface area contributed by atoms with Gasteiger partial charge in [-0.25, -0.2) is 8.78 Å². The van der Waals surface area contributed by atoms with Crippen molar-refractivity contribution in [3.63, 3.8) is 0 Å². The lowest BCUT2D eigenvalue weighted by molar-refractivity contribution is -0.275. The van der Waals surface area contributed by atoms with E-state index < -0.39 is 29.2 Å². The fraction of sp³-hybridized carbons (Fsp3) is 0.208.